The highest BCUT2D eigenvalue weighted by molar-refractivity contribution is 6.30. The second kappa shape index (κ2) is 7.47. The van der Waals surface area contributed by atoms with Crippen molar-refractivity contribution >= 4 is 29.2 Å². The number of carbonyl (C=O) groups is 2. The van der Waals surface area contributed by atoms with Gasteiger partial charge in [0.2, 0.25) is 0 Å². The molecule has 0 aliphatic heterocycles. The minimum absolute atomic E-state index is 0.176. The molecular weight excluding hydrogens is 302 g/mol. The SMILES string of the molecule is Cc1ccc(Cl)cc1NCNC(=O)NC(=O)c1ccccc1. The van der Waals surface area contributed by atoms with Crippen LogP contribution in [0.2, 0.25) is 5.02 Å². The molecule has 0 aliphatic rings. The summed E-state index contributed by atoms with van der Waals surface area (Å²) in [6.07, 6.45) is 0. The van der Waals surface area contributed by atoms with Gasteiger partial charge < -0.3 is 10.6 Å². The van der Waals surface area contributed by atoms with Crippen LogP contribution >= 0.6 is 11.6 Å². The van der Waals surface area contributed by atoms with Crippen LogP contribution in [0.15, 0.2) is 48.5 Å². The van der Waals surface area contributed by atoms with Crippen molar-refractivity contribution in [3.05, 3.63) is 64.7 Å². The molecule has 114 valence electrons. The normalized spacial score (nSPS) is 9.91. The van der Waals surface area contributed by atoms with Gasteiger partial charge in [-0.1, -0.05) is 35.9 Å². The van der Waals surface area contributed by atoms with Gasteiger partial charge >= 0.3 is 6.03 Å². The first-order chi connectivity index (χ1) is 10.6. The third-order valence-corrected chi connectivity index (χ3v) is 3.23. The van der Waals surface area contributed by atoms with E-state index in [4.69, 9.17) is 11.6 Å². The number of anilines is 1. The van der Waals surface area contributed by atoms with Gasteiger partial charge in [-0.05, 0) is 36.8 Å². The van der Waals surface area contributed by atoms with Crippen molar-refractivity contribution in [1.82, 2.24) is 10.6 Å². The van der Waals surface area contributed by atoms with Crippen LogP contribution in [0.1, 0.15) is 15.9 Å². The molecule has 0 aromatic heterocycles. The average Bonchev–Trinajstić information content (AvgIpc) is 2.51. The second-order valence-electron chi connectivity index (χ2n) is 4.64. The zero-order valence-corrected chi connectivity index (χ0v) is 12.8. The van der Waals surface area contributed by atoms with Crippen molar-refractivity contribution in [2.24, 2.45) is 0 Å². The predicted octanol–water partition coefficient (Wildman–Crippen LogP) is 3.16. The smallest absolute Gasteiger partial charge is 0.323 e. The van der Waals surface area contributed by atoms with Gasteiger partial charge in [-0.2, -0.15) is 0 Å². The highest BCUT2D eigenvalue weighted by atomic mass is 35.5. The summed E-state index contributed by atoms with van der Waals surface area (Å²) in [4.78, 5) is 23.4. The number of benzene rings is 2. The summed E-state index contributed by atoms with van der Waals surface area (Å²) in [7, 11) is 0. The van der Waals surface area contributed by atoms with E-state index < -0.39 is 11.9 Å². The molecule has 0 spiro atoms. The Morgan fingerprint density at radius 1 is 1.09 bits per heavy atom. The molecule has 0 atom stereocenters. The molecule has 0 fully saturated rings. The molecule has 2 aromatic carbocycles. The zero-order chi connectivity index (χ0) is 15.9. The first kappa shape index (κ1) is 15.9. The molecule has 2 aromatic rings. The summed E-state index contributed by atoms with van der Waals surface area (Å²) in [6.45, 7) is 2.10. The monoisotopic (exact) mass is 317 g/mol. The van der Waals surface area contributed by atoms with Crippen LogP contribution in [0.5, 0.6) is 0 Å². The molecule has 3 N–H and O–H groups in total. The van der Waals surface area contributed by atoms with E-state index in [1.165, 1.54) is 0 Å². The standard InChI is InChI=1S/C16H16ClN3O2/c1-11-7-8-13(17)9-14(11)18-10-19-16(22)20-15(21)12-5-3-2-4-6-12/h2-9,18H,10H2,1H3,(H2,19,20,21,22). The van der Waals surface area contributed by atoms with E-state index in [1.807, 2.05) is 13.0 Å². The quantitative estimate of drug-likeness (QED) is 0.759. The Hall–Kier alpha value is -2.53. The minimum atomic E-state index is -0.568. The van der Waals surface area contributed by atoms with Crippen LogP contribution in [0.25, 0.3) is 0 Å². The first-order valence-corrected chi connectivity index (χ1v) is 7.08. The van der Waals surface area contributed by atoms with E-state index in [-0.39, 0.29) is 6.67 Å². The van der Waals surface area contributed by atoms with Crippen molar-refractivity contribution in [3.63, 3.8) is 0 Å². The Labute approximate surface area is 133 Å². The highest BCUT2D eigenvalue weighted by Gasteiger charge is 2.08. The fourth-order valence-corrected chi connectivity index (χ4v) is 1.99. The third-order valence-electron chi connectivity index (χ3n) is 2.99. The van der Waals surface area contributed by atoms with Gasteiger partial charge in [0.1, 0.15) is 0 Å². The maximum atomic E-state index is 11.8. The molecule has 0 radical (unpaired) electrons. The Kier molecular flexibility index (Phi) is 5.38. The number of hydrogen-bond acceptors (Lipinski definition) is 3. The predicted molar refractivity (Wildman–Crippen MR) is 87.1 cm³/mol. The van der Waals surface area contributed by atoms with Gasteiger partial charge in [-0.25, -0.2) is 4.79 Å². The van der Waals surface area contributed by atoms with Gasteiger partial charge in [-0.15, -0.1) is 0 Å². The van der Waals surface area contributed by atoms with Crippen LogP contribution in [0.3, 0.4) is 0 Å². The molecule has 6 heteroatoms. The number of nitrogens with one attached hydrogen (secondary N) is 3. The average molecular weight is 318 g/mol. The first-order valence-electron chi connectivity index (χ1n) is 6.70. The fourth-order valence-electron chi connectivity index (χ4n) is 1.81. The topological polar surface area (TPSA) is 70.2 Å². The summed E-state index contributed by atoms with van der Waals surface area (Å²) in [5.41, 5.74) is 2.26. The molecule has 5 nitrogen and oxygen atoms in total. The van der Waals surface area contributed by atoms with Gasteiger partial charge in [0, 0.05) is 16.3 Å². The number of rotatable bonds is 4. The molecule has 3 amide bonds. The molecule has 0 saturated carbocycles. The lowest BCUT2D eigenvalue weighted by atomic mass is 10.2. The number of carbonyl (C=O) groups excluding carboxylic acids is 2. The summed E-state index contributed by atoms with van der Waals surface area (Å²) in [5, 5.41) is 8.44. The maximum absolute atomic E-state index is 11.8. The molecule has 0 saturated heterocycles. The van der Waals surface area contributed by atoms with Crippen molar-refractivity contribution < 1.29 is 9.59 Å². The molecule has 22 heavy (non-hydrogen) atoms. The van der Waals surface area contributed by atoms with Crippen LogP contribution in [0, 0.1) is 6.92 Å². The van der Waals surface area contributed by atoms with Gasteiger partial charge in [0.15, 0.2) is 0 Å². The van der Waals surface area contributed by atoms with E-state index in [0.29, 0.717) is 10.6 Å². The van der Waals surface area contributed by atoms with Gasteiger partial charge in [-0.3, -0.25) is 10.1 Å². The minimum Gasteiger partial charge on any atom is -0.368 e. The van der Waals surface area contributed by atoms with Gasteiger partial charge in [0.25, 0.3) is 5.91 Å². The van der Waals surface area contributed by atoms with Crippen LogP contribution < -0.4 is 16.0 Å². The highest BCUT2D eigenvalue weighted by Crippen LogP contribution is 2.19. The van der Waals surface area contributed by atoms with Crippen LogP contribution in [0.4, 0.5) is 10.5 Å². The number of amides is 3. The van der Waals surface area contributed by atoms with E-state index >= 15 is 0 Å². The molecule has 2 rings (SSSR count). The second-order valence-corrected chi connectivity index (χ2v) is 5.08. The molecule has 0 aliphatic carbocycles. The van der Waals surface area contributed by atoms with Crippen molar-refractivity contribution in [1.29, 1.82) is 0 Å². The largest absolute Gasteiger partial charge is 0.368 e. The molecule has 0 unspecified atom stereocenters. The summed E-state index contributed by atoms with van der Waals surface area (Å²) < 4.78 is 0. The Bertz CT molecular complexity index is 674. The molecule has 0 heterocycles. The Morgan fingerprint density at radius 2 is 1.82 bits per heavy atom. The lowest BCUT2D eigenvalue weighted by Gasteiger charge is -2.11. The number of aryl methyl sites for hydroxylation is 1. The molecule has 0 bridgehead atoms. The Balaban J connectivity index is 1.81. The van der Waals surface area contributed by atoms with E-state index in [2.05, 4.69) is 16.0 Å². The lowest BCUT2D eigenvalue weighted by Crippen LogP contribution is -2.41. The van der Waals surface area contributed by atoms with Crippen molar-refractivity contribution in [3.8, 4) is 0 Å². The zero-order valence-electron chi connectivity index (χ0n) is 12.0. The number of imide groups is 1. The van der Waals surface area contributed by atoms with Crippen molar-refractivity contribution in [2.75, 3.05) is 12.0 Å². The lowest BCUT2D eigenvalue weighted by molar-refractivity contribution is 0.0964. The van der Waals surface area contributed by atoms with Gasteiger partial charge in [0.05, 0.1) is 6.67 Å². The number of halogens is 1. The Morgan fingerprint density at radius 3 is 2.55 bits per heavy atom. The molecular formula is C16H16ClN3O2. The van der Waals surface area contributed by atoms with Crippen molar-refractivity contribution in [2.45, 2.75) is 6.92 Å². The summed E-state index contributed by atoms with van der Waals surface area (Å²) in [5.74, 6) is -0.447. The maximum Gasteiger partial charge on any atom is 0.323 e. The van der Waals surface area contributed by atoms with E-state index in [1.54, 1.807) is 42.5 Å². The van der Waals surface area contributed by atoms with Crippen LogP contribution in [-0.4, -0.2) is 18.6 Å². The third kappa shape index (κ3) is 4.49. The summed E-state index contributed by atoms with van der Waals surface area (Å²) in [6, 6.07) is 13.4. The van der Waals surface area contributed by atoms with E-state index in [0.717, 1.165) is 11.3 Å². The fraction of sp³-hybridized carbons (Fsp3) is 0.125. The summed E-state index contributed by atoms with van der Waals surface area (Å²) >= 11 is 5.91. The van der Waals surface area contributed by atoms with Crippen LogP contribution in [-0.2, 0) is 0 Å². The number of urea groups is 1. The number of hydrogen-bond donors (Lipinski definition) is 3. The van der Waals surface area contributed by atoms with E-state index in [9.17, 15) is 9.59 Å².